The van der Waals surface area contributed by atoms with Crippen molar-refractivity contribution in [2.45, 2.75) is 25.8 Å². The number of hydrogen-bond acceptors (Lipinski definition) is 3. The van der Waals surface area contributed by atoms with Crippen molar-refractivity contribution in [3.63, 3.8) is 0 Å². The number of hydrogen-bond donors (Lipinski definition) is 2. The molecule has 1 aliphatic rings. The average Bonchev–Trinajstić information content (AvgIpc) is 3.29. The third kappa shape index (κ3) is 4.32. The molecule has 0 saturated heterocycles. The van der Waals surface area contributed by atoms with E-state index in [0.29, 0.717) is 24.0 Å². The van der Waals surface area contributed by atoms with E-state index in [2.05, 4.69) is 5.32 Å². The Labute approximate surface area is 123 Å². The van der Waals surface area contributed by atoms with Gasteiger partial charge in [0.2, 0.25) is 0 Å². The number of anilines is 1. The maximum Gasteiger partial charge on any atom is 0.322 e. The van der Waals surface area contributed by atoms with E-state index in [1.165, 1.54) is 23.1 Å². The Morgan fingerprint density at radius 2 is 2.29 bits per heavy atom. The molecule has 21 heavy (non-hydrogen) atoms. The Morgan fingerprint density at radius 3 is 2.90 bits per heavy atom. The average molecular weight is 296 g/mol. The molecule has 2 rings (SSSR count). The summed E-state index contributed by atoms with van der Waals surface area (Å²) in [5, 5.41) is 11.7. The molecule has 6 heteroatoms. The van der Waals surface area contributed by atoms with Crippen LogP contribution >= 0.6 is 0 Å². The second kappa shape index (κ2) is 6.76. The monoisotopic (exact) mass is 296 g/mol. The van der Waals surface area contributed by atoms with Crippen LogP contribution in [-0.2, 0) is 0 Å². The second-order valence-corrected chi connectivity index (χ2v) is 5.47. The highest BCUT2D eigenvalue weighted by molar-refractivity contribution is 5.91. The van der Waals surface area contributed by atoms with Crippen LogP contribution in [0.3, 0.4) is 0 Å². The van der Waals surface area contributed by atoms with Gasteiger partial charge in [-0.1, -0.05) is 0 Å². The lowest BCUT2D eigenvalue weighted by Crippen LogP contribution is -2.40. The van der Waals surface area contributed by atoms with E-state index in [-0.39, 0.29) is 18.7 Å². The van der Waals surface area contributed by atoms with Crippen LogP contribution in [0, 0.1) is 11.7 Å². The zero-order valence-electron chi connectivity index (χ0n) is 12.3. The highest BCUT2D eigenvalue weighted by Crippen LogP contribution is 2.32. The van der Waals surface area contributed by atoms with Crippen LogP contribution in [0.5, 0.6) is 5.75 Å². The summed E-state index contributed by atoms with van der Waals surface area (Å²) in [5.41, 5.74) is 0.430. The Kier molecular flexibility index (Phi) is 5.01. The topological polar surface area (TPSA) is 61.8 Å². The summed E-state index contributed by atoms with van der Waals surface area (Å²) < 4.78 is 18.9. The predicted molar refractivity (Wildman–Crippen MR) is 77.9 cm³/mol. The van der Waals surface area contributed by atoms with Crippen molar-refractivity contribution >= 4 is 11.7 Å². The highest BCUT2D eigenvalue weighted by Gasteiger charge is 2.23. The minimum atomic E-state index is -0.407. The van der Waals surface area contributed by atoms with Crippen LogP contribution in [-0.4, -0.2) is 42.3 Å². The first-order valence-corrected chi connectivity index (χ1v) is 7.08. The largest absolute Gasteiger partial charge is 0.491 e. The number of rotatable bonds is 6. The molecule has 0 heterocycles. The van der Waals surface area contributed by atoms with Gasteiger partial charge in [0, 0.05) is 13.1 Å². The van der Waals surface area contributed by atoms with Crippen LogP contribution in [0.4, 0.5) is 14.9 Å². The number of nitrogens with zero attached hydrogens (tertiary/aromatic N) is 1. The fourth-order valence-electron chi connectivity index (χ4n) is 1.74. The molecule has 2 amide bonds. The molecule has 0 aromatic heterocycles. The van der Waals surface area contributed by atoms with Crippen molar-refractivity contribution in [2.75, 3.05) is 25.6 Å². The van der Waals surface area contributed by atoms with Gasteiger partial charge in [0.1, 0.15) is 11.6 Å². The Balaban J connectivity index is 2.05. The minimum Gasteiger partial charge on any atom is -0.491 e. The van der Waals surface area contributed by atoms with E-state index >= 15 is 0 Å². The fourth-order valence-corrected chi connectivity index (χ4v) is 1.74. The number of likely N-dealkylation sites (N-methyl/N-ethyl adjacent to an activating group) is 1. The molecule has 1 fully saturated rings. The van der Waals surface area contributed by atoms with Gasteiger partial charge in [0.25, 0.3) is 0 Å². The predicted octanol–water partition coefficient (Wildman–Crippen LogP) is 2.46. The summed E-state index contributed by atoms with van der Waals surface area (Å²) in [6.45, 7) is 2.14. The summed E-state index contributed by atoms with van der Waals surface area (Å²) in [4.78, 5) is 13.4. The molecular weight excluding hydrogens is 275 g/mol. The molecule has 1 unspecified atom stereocenters. The van der Waals surface area contributed by atoms with Gasteiger partial charge in [-0.2, -0.15) is 0 Å². The standard InChI is InChI=1S/C15H21FN2O3/c1-10(8-19)18(2)15(20)17-13-6-5-12(16)7-14(13)21-9-11-3-4-11/h5-7,10-11,19H,3-4,8-9H2,1-2H3,(H,17,20). The number of benzene rings is 1. The van der Waals surface area contributed by atoms with Gasteiger partial charge >= 0.3 is 6.03 Å². The Bertz CT molecular complexity index is 506. The van der Waals surface area contributed by atoms with E-state index in [0.717, 1.165) is 12.8 Å². The lowest BCUT2D eigenvalue weighted by Gasteiger charge is -2.24. The lowest BCUT2D eigenvalue weighted by molar-refractivity contribution is 0.166. The molecule has 1 aromatic rings. The third-order valence-electron chi connectivity index (χ3n) is 3.60. The second-order valence-electron chi connectivity index (χ2n) is 5.47. The SMILES string of the molecule is CC(CO)N(C)C(=O)Nc1ccc(F)cc1OCC1CC1. The van der Waals surface area contributed by atoms with Gasteiger partial charge in [-0.3, -0.25) is 0 Å². The molecule has 1 aromatic carbocycles. The number of carbonyl (C=O) groups is 1. The van der Waals surface area contributed by atoms with Crippen molar-refractivity contribution in [3.8, 4) is 5.75 Å². The van der Waals surface area contributed by atoms with Gasteiger partial charge in [0.05, 0.1) is 24.9 Å². The molecule has 116 valence electrons. The number of urea groups is 1. The molecule has 1 atom stereocenters. The van der Waals surface area contributed by atoms with Crippen LogP contribution < -0.4 is 10.1 Å². The van der Waals surface area contributed by atoms with Crippen molar-refractivity contribution in [3.05, 3.63) is 24.0 Å². The number of halogens is 1. The maximum atomic E-state index is 13.3. The zero-order valence-corrected chi connectivity index (χ0v) is 12.3. The number of ether oxygens (including phenoxy) is 1. The summed E-state index contributed by atoms with van der Waals surface area (Å²) in [5.74, 6) is 0.463. The van der Waals surface area contributed by atoms with Crippen molar-refractivity contribution in [1.29, 1.82) is 0 Å². The highest BCUT2D eigenvalue weighted by atomic mass is 19.1. The first kappa shape index (κ1) is 15.6. The van der Waals surface area contributed by atoms with Crippen LogP contribution in [0.15, 0.2) is 18.2 Å². The van der Waals surface area contributed by atoms with Gasteiger partial charge in [-0.25, -0.2) is 9.18 Å². The number of nitrogens with one attached hydrogen (secondary N) is 1. The molecular formula is C15H21FN2O3. The van der Waals surface area contributed by atoms with Crippen LogP contribution in [0.2, 0.25) is 0 Å². The third-order valence-corrected chi connectivity index (χ3v) is 3.60. The summed E-state index contributed by atoms with van der Waals surface area (Å²) in [6.07, 6.45) is 2.27. The molecule has 1 aliphatic carbocycles. The molecule has 0 spiro atoms. The number of amides is 2. The molecule has 2 N–H and O–H groups in total. The summed E-state index contributed by atoms with van der Waals surface area (Å²) in [6, 6.07) is 3.34. The fraction of sp³-hybridized carbons (Fsp3) is 0.533. The normalized spacial score (nSPS) is 15.4. The Morgan fingerprint density at radius 1 is 1.57 bits per heavy atom. The van der Waals surface area contributed by atoms with Gasteiger partial charge in [0.15, 0.2) is 0 Å². The van der Waals surface area contributed by atoms with Crippen LogP contribution in [0.1, 0.15) is 19.8 Å². The van der Waals surface area contributed by atoms with E-state index in [4.69, 9.17) is 9.84 Å². The van der Waals surface area contributed by atoms with Gasteiger partial charge in [-0.05, 0) is 37.8 Å². The van der Waals surface area contributed by atoms with E-state index in [1.54, 1.807) is 14.0 Å². The van der Waals surface area contributed by atoms with Gasteiger partial charge in [-0.15, -0.1) is 0 Å². The molecule has 1 saturated carbocycles. The summed E-state index contributed by atoms with van der Waals surface area (Å²) in [7, 11) is 1.59. The first-order valence-electron chi connectivity index (χ1n) is 7.08. The van der Waals surface area contributed by atoms with Crippen molar-refractivity contribution in [2.24, 2.45) is 5.92 Å². The Hall–Kier alpha value is -1.82. The quantitative estimate of drug-likeness (QED) is 0.847. The molecule has 0 aliphatic heterocycles. The van der Waals surface area contributed by atoms with E-state index in [1.807, 2.05) is 0 Å². The van der Waals surface area contributed by atoms with Crippen LogP contribution in [0.25, 0.3) is 0 Å². The molecule has 5 nitrogen and oxygen atoms in total. The van der Waals surface area contributed by atoms with E-state index in [9.17, 15) is 9.18 Å². The number of aliphatic hydroxyl groups excluding tert-OH is 1. The lowest BCUT2D eigenvalue weighted by atomic mass is 10.2. The maximum absolute atomic E-state index is 13.3. The minimum absolute atomic E-state index is 0.127. The van der Waals surface area contributed by atoms with Crippen molar-refractivity contribution in [1.82, 2.24) is 4.90 Å². The summed E-state index contributed by atoms with van der Waals surface area (Å²) >= 11 is 0. The smallest absolute Gasteiger partial charge is 0.322 e. The molecule has 0 bridgehead atoms. The molecule has 0 radical (unpaired) electrons. The zero-order chi connectivity index (χ0) is 15.4. The first-order chi connectivity index (χ1) is 10.0. The van der Waals surface area contributed by atoms with Crippen molar-refractivity contribution < 1.29 is 19.0 Å². The number of aliphatic hydroxyl groups is 1. The van der Waals surface area contributed by atoms with Gasteiger partial charge < -0.3 is 20.1 Å². The number of carbonyl (C=O) groups excluding carboxylic acids is 1. The van der Waals surface area contributed by atoms with E-state index < -0.39 is 5.82 Å².